The Kier molecular flexibility index (Phi) is 3.55. The molecular weight excluding hydrogens is 294 g/mol. The topological polar surface area (TPSA) is 40.9 Å². The minimum absolute atomic E-state index is 0.136. The van der Waals surface area contributed by atoms with E-state index in [1.807, 2.05) is 6.08 Å². The van der Waals surface area contributed by atoms with Crippen LogP contribution < -0.4 is 0 Å². The molecule has 3 saturated carbocycles. The Morgan fingerprint density at radius 1 is 1.17 bits per heavy atom. The number of carbonyl (C=O) groups excluding carboxylic acids is 1. The highest BCUT2D eigenvalue weighted by atomic mass is 16.1. The fourth-order valence-electron chi connectivity index (χ4n) is 7.78. The van der Waals surface area contributed by atoms with Crippen molar-refractivity contribution in [2.24, 2.45) is 39.9 Å². The molecule has 0 aromatic carbocycles. The highest BCUT2D eigenvalue weighted by Crippen LogP contribution is 2.70. The van der Waals surface area contributed by atoms with Crippen LogP contribution in [0.5, 0.6) is 0 Å². The molecule has 0 radical (unpaired) electrons. The van der Waals surface area contributed by atoms with Crippen LogP contribution in [0.3, 0.4) is 0 Å². The molecule has 130 valence electrons. The monoisotopic (exact) mass is 325 g/mol. The fraction of sp³-hybridized carbons (Fsp3) is 0.818. The zero-order chi connectivity index (χ0) is 17.2. The first-order valence-corrected chi connectivity index (χ1v) is 10.0. The summed E-state index contributed by atoms with van der Waals surface area (Å²) < 4.78 is 0. The van der Waals surface area contributed by atoms with Crippen LogP contribution in [0.2, 0.25) is 0 Å². The van der Waals surface area contributed by atoms with Crippen LogP contribution in [0.25, 0.3) is 0 Å². The van der Waals surface area contributed by atoms with Gasteiger partial charge in [0, 0.05) is 5.41 Å². The van der Waals surface area contributed by atoms with Crippen LogP contribution >= 0.6 is 0 Å². The van der Waals surface area contributed by atoms with E-state index in [9.17, 15) is 10.1 Å². The molecule has 7 unspecified atom stereocenters. The standard InChI is InChI=1S/C22H31NO/c1-4-22-13-11-17-16(18(22)10-12-20(22,2)14-23)9-8-15-6-5-7-19(24)21(15,17)3/h5,7,15-18H,4,6,8-13H2,1-3H3. The molecule has 0 N–H and O–H groups in total. The third kappa shape index (κ3) is 1.74. The Morgan fingerprint density at radius 2 is 1.92 bits per heavy atom. The van der Waals surface area contributed by atoms with Gasteiger partial charge >= 0.3 is 0 Å². The molecule has 3 fully saturated rings. The van der Waals surface area contributed by atoms with E-state index in [4.69, 9.17) is 0 Å². The highest BCUT2D eigenvalue weighted by Gasteiger charge is 2.65. The van der Waals surface area contributed by atoms with Crippen LogP contribution in [0.4, 0.5) is 0 Å². The van der Waals surface area contributed by atoms with E-state index in [0.29, 0.717) is 29.5 Å². The molecular formula is C22H31NO. The number of hydrogen-bond donors (Lipinski definition) is 0. The van der Waals surface area contributed by atoms with Crippen molar-refractivity contribution in [1.29, 1.82) is 5.26 Å². The quantitative estimate of drug-likeness (QED) is 0.657. The lowest BCUT2D eigenvalue weighted by Gasteiger charge is -2.60. The number of carbonyl (C=O) groups is 1. The number of ketones is 1. The van der Waals surface area contributed by atoms with E-state index in [1.54, 1.807) is 0 Å². The molecule has 0 bridgehead atoms. The molecule has 0 saturated heterocycles. The molecule has 2 heteroatoms. The van der Waals surface area contributed by atoms with Crippen molar-refractivity contribution in [2.75, 3.05) is 0 Å². The third-order valence-corrected chi connectivity index (χ3v) is 9.26. The Hall–Kier alpha value is -1.10. The van der Waals surface area contributed by atoms with E-state index >= 15 is 0 Å². The lowest BCUT2D eigenvalue weighted by molar-refractivity contribution is -0.149. The van der Waals surface area contributed by atoms with Gasteiger partial charge in [0.1, 0.15) is 0 Å². The number of allylic oxidation sites excluding steroid dienone is 2. The SMILES string of the molecule is CCC12CCC3C(CCC4CC=CC(=O)C43C)C1CCC2(C)C#N. The molecule has 7 atom stereocenters. The summed E-state index contributed by atoms with van der Waals surface area (Å²) in [5.74, 6) is 2.79. The summed E-state index contributed by atoms with van der Waals surface area (Å²) in [7, 11) is 0. The summed E-state index contributed by atoms with van der Waals surface area (Å²) in [6, 6.07) is 2.72. The molecule has 4 rings (SSSR count). The van der Waals surface area contributed by atoms with Crippen LogP contribution in [0.1, 0.15) is 72.1 Å². The number of rotatable bonds is 1. The van der Waals surface area contributed by atoms with Crippen LogP contribution in [0, 0.1) is 51.2 Å². The van der Waals surface area contributed by atoms with Gasteiger partial charge in [-0.1, -0.05) is 19.9 Å². The molecule has 4 aliphatic rings. The summed E-state index contributed by atoms with van der Waals surface area (Å²) in [5.41, 5.74) is -0.103. The summed E-state index contributed by atoms with van der Waals surface area (Å²) >= 11 is 0. The van der Waals surface area contributed by atoms with Crippen molar-refractivity contribution in [2.45, 2.75) is 72.1 Å². The van der Waals surface area contributed by atoms with E-state index in [-0.39, 0.29) is 16.2 Å². The minimum Gasteiger partial charge on any atom is -0.294 e. The van der Waals surface area contributed by atoms with Gasteiger partial charge in [0.15, 0.2) is 5.78 Å². The van der Waals surface area contributed by atoms with Gasteiger partial charge in [0.25, 0.3) is 0 Å². The zero-order valence-corrected chi connectivity index (χ0v) is 15.5. The predicted octanol–water partition coefficient (Wildman–Crippen LogP) is 5.29. The van der Waals surface area contributed by atoms with Gasteiger partial charge in [-0.15, -0.1) is 0 Å². The first kappa shape index (κ1) is 16.4. The van der Waals surface area contributed by atoms with Crippen molar-refractivity contribution in [1.82, 2.24) is 0 Å². The number of nitrogens with zero attached hydrogens (tertiary/aromatic N) is 1. The zero-order valence-electron chi connectivity index (χ0n) is 15.5. The number of hydrogen-bond acceptors (Lipinski definition) is 2. The van der Waals surface area contributed by atoms with Gasteiger partial charge in [-0.25, -0.2) is 0 Å². The Bertz CT molecular complexity index is 630. The smallest absolute Gasteiger partial charge is 0.161 e. The van der Waals surface area contributed by atoms with Crippen molar-refractivity contribution < 1.29 is 4.79 Å². The molecule has 2 nitrogen and oxygen atoms in total. The Balaban J connectivity index is 1.74. The average Bonchev–Trinajstić information content (AvgIpc) is 2.90. The number of nitriles is 1. The first-order valence-electron chi connectivity index (χ1n) is 10.0. The maximum Gasteiger partial charge on any atom is 0.161 e. The van der Waals surface area contributed by atoms with Gasteiger partial charge in [-0.05, 0) is 93.5 Å². The maximum atomic E-state index is 12.9. The van der Waals surface area contributed by atoms with Gasteiger partial charge in [0.2, 0.25) is 0 Å². The molecule has 0 spiro atoms. The molecule has 0 amide bonds. The first-order chi connectivity index (χ1) is 11.4. The predicted molar refractivity (Wildman–Crippen MR) is 95.0 cm³/mol. The van der Waals surface area contributed by atoms with E-state index < -0.39 is 0 Å². The van der Waals surface area contributed by atoms with E-state index in [0.717, 1.165) is 32.1 Å². The molecule has 0 aliphatic heterocycles. The second kappa shape index (κ2) is 5.20. The van der Waals surface area contributed by atoms with E-state index in [1.165, 1.54) is 19.3 Å². The molecule has 0 heterocycles. The van der Waals surface area contributed by atoms with Gasteiger partial charge < -0.3 is 0 Å². The Labute approximate surface area is 146 Å². The van der Waals surface area contributed by atoms with Crippen molar-refractivity contribution in [3.05, 3.63) is 12.2 Å². The van der Waals surface area contributed by atoms with Crippen molar-refractivity contribution >= 4 is 5.78 Å². The summed E-state index contributed by atoms with van der Waals surface area (Å²) in [6.45, 7) is 6.80. The molecule has 0 aromatic heterocycles. The van der Waals surface area contributed by atoms with Gasteiger partial charge in [-0.3, -0.25) is 4.79 Å². The van der Waals surface area contributed by atoms with E-state index in [2.05, 4.69) is 32.9 Å². The summed E-state index contributed by atoms with van der Waals surface area (Å²) in [4.78, 5) is 12.9. The molecule has 24 heavy (non-hydrogen) atoms. The van der Waals surface area contributed by atoms with Crippen LogP contribution in [0.15, 0.2) is 12.2 Å². The maximum absolute atomic E-state index is 12.9. The molecule has 0 aromatic rings. The largest absolute Gasteiger partial charge is 0.294 e. The number of fused-ring (bicyclic) bond motifs is 5. The summed E-state index contributed by atoms with van der Waals surface area (Å²) in [6.07, 6.45) is 13.2. The van der Waals surface area contributed by atoms with Gasteiger partial charge in [0.05, 0.1) is 11.5 Å². The minimum atomic E-state index is -0.161. The normalized spacial score (nSPS) is 53.0. The van der Waals surface area contributed by atoms with Crippen LogP contribution in [-0.4, -0.2) is 5.78 Å². The Morgan fingerprint density at radius 3 is 2.62 bits per heavy atom. The van der Waals surface area contributed by atoms with Gasteiger partial charge in [-0.2, -0.15) is 5.26 Å². The fourth-order valence-corrected chi connectivity index (χ4v) is 7.78. The lowest BCUT2D eigenvalue weighted by atomic mass is 9.43. The third-order valence-electron chi connectivity index (χ3n) is 9.26. The average molecular weight is 325 g/mol. The van der Waals surface area contributed by atoms with Crippen molar-refractivity contribution in [3.8, 4) is 6.07 Å². The van der Waals surface area contributed by atoms with Crippen molar-refractivity contribution in [3.63, 3.8) is 0 Å². The lowest BCUT2D eigenvalue weighted by Crippen LogP contribution is -2.56. The van der Waals surface area contributed by atoms with Crippen LogP contribution in [-0.2, 0) is 4.79 Å². The molecule has 4 aliphatic carbocycles. The highest BCUT2D eigenvalue weighted by molar-refractivity contribution is 5.96. The summed E-state index contributed by atoms with van der Waals surface area (Å²) in [5, 5.41) is 9.92. The second-order valence-corrected chi connectivity index (χ2v) is 9.47. The second-order valence-electron chi connectivity index (χ2n) is 9.47.